The second-order valence-corrected chi connectivity index (χ2v) is 5.51. The molecular weight excluding hydrogens is 222 g/mol. The molecule has 0 spiro atoms. The zero-order chi connectivity index (χ0) is 13.0. The van der Waals surface area contributed by atoms with Crippen molar-refractivity contribution >= 4 is 5.69 Å². The number of hydrogen-bond donors (Lipinski definition) is 1. The van der Waals surface area contributed by atoms with E-state index < -0.39 is 0 Å². The standard InChI is InChI=1S/C15H25N3/c1-17(2)10-11-18(3)14-9-8-13-6-4-5-7-15(13)16-12-14/h4-7,14,16H,8-12H2,1-3H3. The van der Waals surface area contributed by atoms with Gasteiger partial charge in [-0.15, -0.1) is 0 Å². The van der Waals surface area contributed by atoms with Crippen LogP contribution in [0.4, 0.5) is 5.69 Å². The van der Waals surface area contributed by atoms with E-state index in [0.29, 0.717) is 6.04 Å². The summed E-state index contributed by atoms with van der Waals surface area (Å²) < 4.78 is 0. The molecule has 0 aliphatic carbocycles. The highest BCUT2D eigenvalue weighted by molar-refractivity contribution is 5.52. The minimum absolute atomic E-state index is 0.636. The Kier molecular flexibility index (Phi) is 4.61. The lowest BCUT2D eigenvalue weighted by molar-refractivity contribution is 0.217. The number of hydrogen-bond acceptors (Lipinski definition) is 3. The van der Waals surface area contributed by atoms with E-state index in [1.807, 2.05) is 0 Å². The van der Waals surface area contributed by atoms with E-state index in [4.69, 9.17) is 0 Å². The molecule has 1 aliphatic heterocycles. The molecule has 0 saturated heterocycles. The molecule has 1 aliphatic rings. The van der Waals surface area contributed by atoms with Crippen molar-refractivity contribution in [3.63, 3.8) is 0 Å². The SMILES string of the molecule is CN(C)CCN(C)C1CCc2ccccc2NC1. The van der Waals surface area contributed by atoms with Crippen molar-refractivity contribution in [2.75, 3.05) is 46.1 Å². The molecule has 1 unspecified atom stereocenters. The molecule has 0 radical (unpaired) electrons. The number of likely N-dealkylation sites (N-methyl/N-ethyl adjacent to an activating group) is 2. The summed E-state index contributed by atoms with van der Waals surface area (Å²) in [4.78, 5) is 4.73. The number of aryl methyl sites for hydroxylation is 1. The van der Waals surface area contributed by atoms with Crippen LogP contribution in [-0.4, -0.2) is 56.6 Å². The number of nitrogens with one attached hydrogen (secondary N) is 1. The fraction of sp³-hybridized carbons (Fsp3) is 0.600. The van der Waals surface area contributed by atoms with Crippen molar-refractivity contribution < 1.29 is 0 Å². The second-order valence-electron chi connectivity index (χ2n) is 5.51. The van der Waals surface area contributed by atoms with Crippen LogP contribution in [0.25, 0.3) is 0 Å². The molecule has 0 fully saturated rings. The van der Waals surface area contributed by atoms with Crippen LogP contribution in [0.2, 0.25) is 0 Å². The van der Waals surface area contributed by atoms with Crippen molar-refractivity contribution in [1.82, 2.24) is 9.80 Å². The number of fused-ring (bicyclic) bond motifs is 1. The average Bonchev–Trinajstić information content (AvgIpc) is 2.58. The van der Waals surface area contributed by atoms with Gasteiger partial charge in [-0.2, -0.15) is 0 Å². The van der Waals surface area contributed by atoms with Gasteiger partial charge in [0, 0.05) is 31.4 Å². The molecule has 2 rings (SSSR count). The molecule has 18 heavy (non-hydrogen) atoms. The predicted molar refractivity (Wildman–Crippen MR) is 78.2 cm³/mol. The van der Waals surface area contributed by atoms with Gasteiger partial charge in [-0.05, 0) is 45.6 Å². The van der Waals surface area contributed by atoms with E-state index in [2.05, 4.69) is 60.5 Å². The van der Waals surface area contributed by atoms with Gasteiger partial charge in [0.1, 0.15) is 0 Å². The van der Waals surface area contributed by atoms with Gasteiger partial charge in [0.25, 0.3) is 0 Å². The topological polar surface area (TPSA) is 18.5 Å². The lowest BCUT2D eigenvalue weighted by Gasteiger charge is -2.28. The van der Waals surface area contributed by atoms with Crippen LogP contribution in [0.15, 0.2) is 24.3 Å². The summed E-state index contributed by atoms with van der Waals surface area (Å²) in [6.07, 6.45) is 2.42. The summed E-state index contributed by atoms with van der Waals surface area (Å²) in [7, 11) is 6.51. The Morgan fingerprint density at radius 1 is 1.17 bits per heavy atom. The van der Waals surface area contributed by atoms with Gasteiger partial charge in [-0.1, -0.05) is 18.2 Å². The second kappa shape index (κ2) is 6.21. The van der Waals surface area contributed by atoms with E-state index in [0.717, 1.165) is 19.6 Å². The van der Waals surface area contributed by atoms with E-state index >= 15 is 0 Å². The van der Waals surface area contributed by atoms with Gasteiger partial charge in [-0.25, -0.2) is 0 Å². The Morgan fingerprint density at radius 2 is 1.94 bits per heavy atom. The molecule has 0 amide bonds. The number of rotatable bonds is 4. The van der Waals surface area contributed by atoms with Gasteiger partial charge < -0.3 is 15.1 Å². The Bertz CT molecular complexity index is 349. The molecule has 3 nitrogen and oxygen atoms in total. The molecule has 1 N–H and O–H groups in total. The van der Waals surface area contributed by atoms with Gasteiger partial charge in [-0.3, -0.25) is 0 Å². The van der Waals surface area contributed by atoms with Crippen LogP contribution in [0.1, 0.15) is 12.0 Å². The largest absolute Gasteiger partial charge is 0.383 e. The summed E-state index contributed by atoms with van der Waals surface area (Å²) >= 11 is 0. The predicted octanol–water partition coefficient (Wildman–Crippen LogP) is 1.91. The summed E-state index contributed by atoms with van der Waals surface area (Å²) in [5.74, 6) is 0. The first-order valence-corrected chi connectivity index (χ1v) is 6.83. The highest BCUT2D eigenvalue weighted by Crippen LogP contribution is 2.22. The van der Waals surface area contributed by atoms with E-state index in [-0.39, 0.29) is 0 Å². The lowest BCUT2D eigenvalue weighted by Crippen LogP contribution is -2.40. The fourth-order valence-corrected chi connectivity index (χ4v) is 2.48. The first-order valence-electron chi connectivity index (χ1n) is 6.83. The van der Waals surface area contributed by atoms with Crippen LogP contribution in [-0.2, 0) is 6.42 Å². The molecule has 1 atom stereocenters. The van der Waals surface area contributed by atoms with Crippen molar-refractivity contribution in [2.45, 2.75) is 18.9 Å². The van der Waals surface area contributed by atoms with Gasteiger partial charge in [0.05, 0.1) is 0 Å². The highest BCUT2D eigenvalue weighted by Gasteiger charge is 2.18. The monoisotopic (exact) mass is 247 g/mol. The molecule has 0 bridgehead atoms. The number of anilines is 1. The van der Waals surface area contributed by atoms with E-state index in [1.165, 1.54) is 24.1 Å². The lowest BCUT2D eigenvalue weighted by atomic mass is 10.1. The third-order valence-electron chi connectivity index (χ3n) is 3.82. The minimum Gasteiger partial charge on any atom is -0.383 e. The van der Waals surface area contributed by atoms with E-state index in [9.17, 15) is 0 Å². The molecule has 3 heteroatoms. The Morgan fingerprint density at radius 3 is 2.72 bits per heavy atom. The summed E-state index contributed by atoms with van der Waals surface area (Å²) in [5, 5.41) is 3.59. The molecule has 100 valence electrons. The first kappa shape index (κ1) is 13.4. The van der Waals surface area contributed by atoms with Crippen molar-refractivity contribution in [3.05, 3.63) is 29.8 Å². The fourth-order valence-electron chi connectivity index (χ4n) is 2.48. The third kappa shape index (κ3) is 3.47. The van der Waals surface area contributed by atoms with Crippen LogP contribution < -0.4 is 5.32 Å². The summed E-state index contributed by atoms with van der Waals surface area (Å²) in [5.41, 5.74) is 2.78. The maximum absolute atomic E-state index is 3.59. The van der Waals surface area contributed by atoms with Gasteiger partial charge >= 0.3 is 0 Å². The summed E-state index contributed by atoms with van der Waals surface area (Å²) in [6, 6.07) is 9.32. The first-order chi connectivity index (χ1) is 8.66. The molecule has 1 heterocycles. The van der Waals surface area contributed by atoms with Crippen LogP contribution >= 0.6 is 0 Å². The Labute approximate surface area is 111 Å². The zero-order valence-corrected chi connectivity index (χ0v) is 11.8. The van der Waals surface area contributed by atoms with Crippen LogP contribution in [0.5, 0.6) is 0 Å². The molecule has 1 aromatic carbocycles. The zero-order valence-electron chi connectivity index (χ0n) is 11.8. The minimum atomic E-state index is 0.636. The smallest absolute Gasteiger partial charge is 0.0373 e. The van der Waals surface area contributed by atoms with Crippen molar-refractivity contribution in [1.29, 1.82) is 0 Å². The maximum atomic E-state index is 3.59. The molecule has 0 saturated carbocycles. The number of nitrogens with zero attached hydrogens (tertiary/aromatic N) is 2. The van der Waals surface area contributed by atoms with Crippen molar-refractivity contribution in [2.24, 2.45) is 0 Å². The Hall–Kier alpha value is -1.06. The van der Waals surface area contributed by atoms with Gasteiger partial charge in [0.2, 0.25) is 0 Å². The molecular formula is C15H25N3. The quantitative estimate of drug-likeness (QED) is 0.877. The maximum Gasteiger partial charge on any atom is 0.0373 e. The Balaban J connectivity index is 1.91. The number of para-hydroxylation sites is 1. The van der Waals surface area contributed by atoms with Gasteiger partial charge in [0.15, 0.2) is 0 Å². The van der Waals surface area contributed by atoms with E-state index in [1.54, 1.807) is 0 Å². The van der Waals surface area contributed by atoms with Crippen molar-refractivity contribution in [3.8, 4) is 0 Å². The van der Waals surface area contributed by atoms with Crippen LogP contribution in [0.3, 0.4) is 0 Å². The average molecular weight is 247 g/mol. The van der Waals surface area contributed by atoms with Crippen LogP contribution in [0, 0.1) is 0 Å². The normalized spacial score (nSPS) is 19.5. The summed E-state index contributed by atoms with van der Waals surface area (Å²) in [6.45, 7) is 3.32. The molecule has 0 aromatic heterocycles. The highest BCUT2D eigenvalue weighted by atomic mass is 15.2. The molecule has 1 aromatic rings. The third-order valence-corrected chi connectivity index (χ3v) is 3.82. The number of benzene rings is 1.